The van der Waals surface area contributed by atoms with Gasteiger partial charge in [-0.3, -0.25) is 4.79 Å². The highest BCUT2D eigenvalue weighted by atomic mass is 35.5. The second-order valence-corrected chi connectivity index (χ2v) is 2.45. The van der Waals surface area contributed by atoms with E-state index in [4.69, 9.17) is 11.6 Å². The number of pyridine rings is 1. The molecule has 0 amide bonds. The molecule has 54 valence electrons. The molecule has 0 aliphatic heterocycles. The summed E-state index contributed by atoms with van der Waals surface area (Å²) in [5.74, 6) is 0. The van der Waals surface area contributed by atoms with Gasteiger partial charge in [0.25, 0.3) is 5.56 Å². The molecule has 0 unspecified atom stereocenters. The van der Waals surface area contributed by atoms with Crippen LogP contribution < -0.4 is 5.56 Å². The smallest absolute Gasteiger partial charge is 0.266 e. The number of aromatic amines is 1. The molecule has 10 heavy (non-hydrogen) atoms. The van der Waals surface area contributed by atoms with E-state index >= 15 is 0 Å². The van der Waals surface area contributed by atoms with Crippen molar-refractivity contribution in [1.29, 1.82) is 0 Å². The highest BCUT2D eigenvalue weighted by Crippen LogP contribution is 2.03. The van der Waals surface area contributed by atoms with Gasteiger partial charge in [0.05, 0.1) is 0 Å². The normalized spacial score (nSPS) is 9.80. The lowest BCUT2D eigenvalue weighted by atomic mass is 10.2. The summed E-state index contributed by atoms with van der Waals surface area (Å²) in [6.07, 6.45) is 2.56. The number of nitrogens with one attached hydrogen (secondary N) is 1. The van der Waals surface area contributed by atoms with Gasteiger partial charge in [0.1, 0.15) is 5.02 Å². The molecule has 0 saturated heterocycles. The fourth-order valence-electron chi connectivity index (χ4n) is 0.701. The topological polar surface area (TPSA) is 32.9 Å². The first kappa shape index (κ1) is 7.35. The SMILES string of the molecule is CCc1c[nH]c(=O)c(Cl)c1. The predicted molar refractivity (Wildman–Crippen MR) is 41.5 cm³/mol. The minimum atomic E-state index is -0.223. The molecule has 0 saturated carbocycles. The summed E-state index contributed by atoms with van der Waals surface area (Å²) in [5.41, 5.74) is 0.823. The average molecular weight is 158 g/mol. The highest BCUT2D eigenvalue weighted by molar-refractivity contribution is 6.30. The van der Waals surface area contributed by atoms with Gasteiger partial charge >= 0.3 is 0 Å². The molecular weight excluding hydrogens is 150 g/mol. The minimum absolute atomic E-state index is 0.223. The zero-order valence-corrected chi connectivity index (χ0v) is 6.40. The van der Waals surface area contributed by atoms with E-state index in [1.165, 1.54) is 0 Å². The summed E-state index contributed by atoms with van der Waals surface area (Å²) in [6, 6.07) is 1.68. The van der Waals surface area contributed by atoms with Crippen LogP contribution in [-0.4, -0.2) is 4.98 Å². The average Bonchev–Trinajstić information content (AvgIpc) is 1.95. The molecule has 0 bridgehead atoms. The van der Waals surface area contributed by atoms with Crippen molar-refractivity contribution in [3.05, 3.63) is 33.2 Å². The van der Waals surface area contributed by atoms with Crippen LogP contribution in [0.5, 0.6) is 0 Å². The third-order valence-corrected chi connectivity index (χ3v) is 1.61. The van der Waals surface area contributed by atoms with E-state index in [1.54, 1.807) is 12.3 Å². The lowest BCUT2D eigenvalue weighted by Gasteiger charge is -1.93. The molecule has 0 aromatic carbocycles. The molecule has 1 heterocycles. The van der Waals surface area contributed by atoms with Gasteiger partial charge in [-0.1, -0.05) is 18.5 Å². The molecular formula is C7H8ClNO. The van der Waals surface area contributed by atoms with Crippen molar-refractivity contribution in [2.24, 2.45) is 0 Å². The van der Waals surface area contributed by atoms with Gasteiger partial charge in [0.2, 0.25) is 0 Å². The van der Waals surface area contributed by atoms with Crippen LogP contribution in [0.4, 0.5) is 0 Å². The van der Waals surface area contributed by atoms with Crippen LogP contribution in [0, 0.1) is 0 Å². The van der Waals surface area contributed by atoms with Gasteiger partial charge in [0.15, 0.2) is 0 Å². The van der Waals surface area contributed by atoms with Crippen LogP contribution in [0.3, 0.4) is 0 Å². The Balaban J connectivity index is 3.17. The summed E-state index contributed by atoms with van der Waals surface area (Å²) < 4.78 is 0. The van der Waals surface area contributed by atoms with Crippen molar-refractivity contribution in [2.45, 2.75) is 13.3 Å². The Morgan fingerprint density at radius 3 is 2.90 bits per heavy atom. The first-order valence-electron chi connectivity index (χ1n) is 3.11. The van der Waals surface area contributed by atoms with Crippen molar-refractivity contribution in [1.82, 2.24) is 4.98 Å². The second kappa shape index (κ2) is 2.88. The number of rotatable bonds is 1. The standard InChI is InChI=1S/C7H8ClNO/c1-2-5-3-6(8)7(10)9-4-5/h3-4H,2H2,1H3,(H,9,10). The Morgan fingerprint density at radius 2 is 2.40 bits per heavy atom. The summed E-state index contributed by atoms with van der Waals surface area (Å²) in [6.45, 7) is 2.00. The van der Waals surface area contributed by atoms with Crippen molar-refractivity contribution in [2.75, 3.05) is 0 Å². The maximum Gasteiger partial charge on any atom is 0.266 e. The zero-order valence-electron chi connectivity index (χ0n) is 5.65. The maximum atomic E-state index is 10.7. The Labute approximate surface area is 63.8 Å². The number of H-pyrrole nitrogens is 1. The Bertz CT molecular complexity index is 279. The van der Waals surface area contributed by atoms with Crippen LogP contribution in [-0.2, 0) is 6.42 Å². The number of aryl methyl sites for hydroxylation is 1. The van der Waals surface area contributed by atoms with Crippen molar-refractivity contribution < 1.29 is 0 Å². The van der Waals surface area contributed by atoms with E-state index in [0.717, 1.165) is 12.0 Å². The quantitative estimate of drug-likeness (QED) is 0.660. The number of hydrogen-bond acceptors (Lipinski definition) is 1. The van der Waals surface area contributed by atoms with Gasteiger partial charge in [0, 0.05) is 6.20 Å². The zero-order chi connectivity index (χ0) is 7.56. The molecule has 0 spiro atoms. The van der Waals surface area contributed by atoms with E-state index in [2.05, 4.69) is 4.98 Å². The number of hydrogen-bond donors (Lipinski definition) is 1. The van der Waals surface area contributed by atoms with Gasteiger partial charge < -0.3 is 4.98 Å². The van der Waals surface area contributed by atoms with Gasteiger partial charge in [-0.05, 0) is 18.1 Å². The van der Waals surface area contributed by atoms with Crippen LogP contribution >= 0.6 is 11.6 Å². The van der Waals surface area contributed by atoms with E-state index < -0.39 is 0 Å². The van der Waals surface area contributed by atoms with Crippen molar-refractivity contribution >= 4 is 11.6 Å². The van der Waals surface area contributed by atoms with E-state index in [9.17, 15) is 4.79 Å². The van der Waals surface area contributed by atoms with Gasteiger partial charge in [-0.25, -0.2) is 0 Å². The molecule has 1 aromatic rings. The summed E-state index contributed by atoms with van der Waals surface area (Å²) >= 11 is 5.55. The van der Waals surface area contributed by atoms with Crippen LogP contribution in [0.2, 0.25) is 5.02 Å². The highest BCUT2D eigenvalue weighted by Gasteiger charge is 1.94. The summed E-state index contributed by atoms with van der Waals surface area (Å²) in [5, 5.41) is 0.263. The molecule has 1 N–H and O–H groups in total. The molecule has 2 nitrogen and oxygen atoms in total. The number of aromatic nitrogens is 1. The van der Waals surface area contributed by atoms with Crippen LogP contribution in [0.25, 0.3) is 0 Å². The van der Waals surface area contributed by atoms with Gasteiger partial charge in [-0.2, -0.15) is 0 Å². The van der Waals surface area contributed by atoms with Gasteiger partial charge in [-0.15, -0.1) is 0 Å². The third-order valence-electron chi connectivity index (χ3n) is 1.33. The first-order valence-corrected chi connectivity index (χ1v) is 3.49. The molecule has 1 rings (SSSR count). The third kappa shape index (κ3) is 1.39. The fourth-order valence-corrected chi connectivity index (χ4v) is 0.896. The van der Waals surface area contributed by atoms with E-state index in [-0.39, 0.29) is 10.6 Å². The summed E-state index contributed by atoms with van der Waals surface area (Å²) in [7, 11) is 0. The lowest BCUT2D eigenvalue weighted by Crippen LogP contribution is -2.05. The Hall–Kier alpha value is -0.760. The fraction of sp³-hybridized carbons (Fsp3) is 0.286. The summed E-state index contributed by atoms with van der Waals surface area (Å²) in [4.78, 5) is 13.2. The lowest BCUT2D eigenvalue weighted by molar-refractivity contribution is 1.08. The minimum Gasteiger partial charge on any atom is -0.328 e. The molecule has 0 fully saturated rings. The molecule has 3 heteroatoms. The molecule has 0 radical (unpaired) electrons. The second-order valence-electron chi connectivity index (χ2n) is 2.04. The van der Waals surface area contributed by atoms with E-state index in [0.29, 0.717) is 0 Å². The molecule has 1 aromatic heterocycles. The molecule has 0 aliphatic carbocycles. The largest absolute Gasteiger partial charge is 0.328 e. The maximum absolute atomic E-state index is 10.7. The van der Waals surface area contributed by atoms with Crippen molar-refractivity contribution in [3.63, 3.8) is 0 Å². The monoisotopic (exact) mass is 157 g/mol. The molecule has 0 atom stereocenters. The Morgan fingerprint density at radius 1 is 1.70 bits per heavy atom. The van der Waals surface area contributed by atoms with Crippen LogP contribution in [0.1, 0.15) is 12.5 Å². The Kier molecular flexibility index (Phi) is 2.12. The number of halogens is 1. The molecule has 0 aliphatic rings. The van der Waals surface area contributed by atoms with E-state index in [1.807, 2.05) is 6.92 Å². The van der Waals surface area contributed by atoms with Crippen molar-refractivity contribution in [3.8, 4) is 0 Å². The first-order chi connectivity index (χ1) is 4.74. The van der Waals surface area contributed by atoms with Crippen LogP contribution in [0.15, 0.2) is 17.1 Å². The predicted octanol–water partition coefficient (Wildman–Crippen LogP) is 1.59.